The van der Waals surface area contributed by atoms with Gasteiger partial charge in [0.2, 0.25) is 5.88 Å². The summed E-state index contributed by atoms with van der Waals surface area (Å²) < 4.78 is 5.69. The van der Waals surface area contributed by atoms with Crippen molar-refractivity contribution in [2.45, 2.75) is 6.54 Å². The number of aromatic carboxylic acids is 1. The van der Waals surface area contributed by atoms with Crippen molar-refractivity contribution in [3.63, 3.8) is 0 Å². The smallest absolute Gasteiger partial charge is 0.335 e. The Balaban J connectivity index is 0.00000280. The number of rotatable bonds is 6. The third-order valence-electron chi connectivity index (χ3n) is 3.74. The average molecular weight is 400 g/mol. The number of hydrogen-bond donors (Lipinski definition) is 3. The molecule has 144 valence electrons. The lowest BCUT2D eigenvalue weighted by Crippen LogP contribution is -2.12. The number of amides is 1. The van der Waals surface area contributed by atoms with E-state index in [2.05, 4.69) is 10.3 Å². The number of aromatic nitrogens is 1. The molecule has 0 atom stereocenters. The molecule has 3 rings (SSSR count). The molecule has 0 unspecified atom stereocenters. The van der Waals surface area contributed by atoms with Crippen LogP contribution < -0.4 is 15.8 Å². The molecule has 1 heterocycles. The quantitative estimate of drug-likeness (QED) is 0.582. The van der Waals surface area contributed by atoms with Gasteiger partial charge in [0, 0.05) is 30.1 Å². The SMILES string of the molecule is Cl.NCc1ccnc(Oc2cccc(C(=O)Nc3ccc(C(=O)O)cc3)c2)c1. The molecule has 0 bridgehead atoms. The average Bonchev–Trinajstić information content (AvgIpc) is 2.68. The number of pyridine rings is 1. The first-order valence-corrected chi connectivity index (χ1v) is 8.13. The second-order valence-corrected chi connectivity index (χ2v) is 5.67. The fourth-order valence-electron chi connectivity index (χ4n) is 2.35. The van der Waals surface area contributed by atoms with E-state index in [0.717, 1.165) is 5.56 Å². The highest BCUT2D eigenvalue weighted by molar-refractivity contribution is 6.04. The number of carboxylic acid groups (broad SMARTS) is 1. The molecule has 0 fully saturated rings. The molecule has 3 aromatic rings. The summed E-state index contributed by atoms with van der Waals surface area (Å²) >= 11 is 0. The summed E-state index contributed by atoms with van der Waals surface area (Å²) in [5, 5.41) is 11.6. The van der Waals surface area contributed by atoms with Gasteiger partial charge in [0.25, 0.3) is 5.91 Å². The van der Waals surface area contributed by atoms with Gasteiger partial charge >= 0.3 is 5.97 Å². The van der Waals surface area contributed by atoms with Crippen LogP contribution in [0.2, 0.25) is 0 Å². The minimum absolute atomic E-state index is 0. The van der Waals surface area contributed by atoms with E-state index in [-0.39, 0.29) is 23.9 Å². The fourth-order valence-corrected chi connectivity index (χ4v) is 2.35. The van der Waals surface area contributed by atoms with Gasteiger partial charge in [-0.05, 0) is 54.1 Å². The molecule has 7 nitrogen and oxygen atoms in total. The van der Waals surface area contributed by atoms with Crippen LogP contribution in [0.5, 0.6) is 11.6 Å². The Morgan fingerprint density at radius 1 is 1.04 bits per heavy atom. The monoisotopic (exact) mass is 399 g/mol. The largest absolute Gasteiger partial charge is 0.478 e. The number of carbonyl (C=O) groups excluding carboxylic acids is 1. The topological polar surface area (TPSA) is 115 Å². The Labute approximate surface area is 167 Å². The molecule has 1 aromatic heterocycles. The molecular formula is C20H18ClN3O4. The lowest BCUT2D eigenvalue weighted by atomic mass is 10.1. The van der Waals surface area contributed by atoms with E-state index in [0.29, 0.717) is 29.4 Å². The predicted molar refractivity (Wildman–Crippen MR) is 107 cm³/mol. The molecule has 28 heavy (non-hydrogen) atoms. The maximum Gasteiger partial charge on any atom is 0.335 e. The molecule has 0 saturated heterocycles. The molecular weight excluding hydrogens is 382 g/mol. The second kappa shape index (κ2) is 9.50. The Bertz CT molecular complexity index is 977. The van der Waals surface area contributed by atoms with Crippen LogP contribution in [0.25, 0.3) is 0 Å². The van der Waals surface area contributed by atoms with Crippen molar-refractivity contribution in [3.05, 3.63) is 83.6 Å². The van der Waals surface area contributed by atoms with E-state index < -0.39 is 5.97 Å². The van der Waals surface area contributed by atoms with Crippen molar-refractivity contribution in [2.24, 2.45) is 5.73 Å². The number of nitrogens with two attached hydrogens (primary N) is 1. The lowest BCUT2D eigenvalue weighted by molar-refractivity contribution is 0.0696. The molecule has 8 heteroatoms. The van der Waals surface area contributed by atoms with Gasteiger partial charge in [-0.25, -0.2) is 9.78 Å². The van der Waals surface area contributed by atoms with Crippen LogP contribution in [0.1, 0.15) is 26.3 Å². The Morgan fingerprint density at radius 3 is 2.46 bits per heavy atom. The summed E-state index contributed by atoms with van der Waals surface area (Å²) in [7, 11) is 0. The van der Waals surface area contributed by atoms with Crippen LogP contribution in [0.15, 0.2) is 66.9 Å². The number of hydrogen-bond acceptors (Lipinski definition) is 5. The summed E-state index contributed by atoms with van der Waals surface area (Å²) in [5.41, 5.74) is 7.53. The number of halogens is 1. The minimum Gasteiger partial charge on any atom is -0.478 e. The zero-order chi connectivity index (χ0) is 19.2. The number of ether oxygens (including phenoxy) is 1. The van der Waals surface area contributed by atoms with Crippen LogP contribution >= 0.6 is 12.4 Å². The van der Waals surface area contributed by atoms with E-state index in [1.807, 2.05) is 0 Å². The van der Waals surface area contributed by atoms with Crippen molar-refractivity contribution < 1.29 is 19.4 Å². The van der Waals surface area contributed by atoms with Gasteiger partial charge in [0.1, 0.15) is 5.75 Å². The van der Waals surface area contributed by atoms with Gasteiger partial charge in [-0.15, -0.1) is 12.4 Å². The molecule has 0 saturated carbocycles. The van der Waals surface area contributed by atoms with E-state index in [1.54, 1.807) is 42.6 Å². The first kappa shape index (κ1) is 20.9. The van der Waals surface area contributed by atoms with Gasteiger partial charge in [-0.3, -0.25) is 4.79 Å². The van der Waals surface area contributed by atoms with Crippen molar-refractivity contribution in [1.29, 1.82) is 0 Å². The normalized spacial score (nSPS) is 9.89. The number of nitrogens with one attached hydrogen (secondary N) is 1. The molecule has 0 radical (unpaired) electrons. The van der Waals surface area contributed by atoms with Gasteiger partial charge in [0.15, 0.2) is 0 Å². The van der Waals surface area contributed by atoms with Crippen LogP contribution in [-0.2, 0) is 6.54 Å². The third-order valence-corrected chi connectivity index (χ3v) is 3.74. The Kier molecular flexibility index (Phi) is 7.08. The van der Waals surface area contributed by atoms with Crippen molar-refractivity contribution in [3.8, 4) is 11.6 Å². The molecule has 1 amide bonds. The third kappa shape index (κ3) is 5.29. The van der Waals surface area contributed by atoms with Crippen LogP contribution in [-0.4, -0.2) is 22.0 Å². The highest BCUT2D eigenvalue weighted by atomic mass is 35.5. The molecule has 0 aliphatic carbocycles. The van der Waals surface area contributed by atoms with Crippen molar-refractivity contribution >= 4 is 30.0 Å². The molecule has 0 aliphatic heterocycles. The zero-order valence-corrected chi connectivity index (χ0v) is 15.5. The Hall–Kier alpha value is -3.42. The molecule has 0 aliphatic rings. The van der Waals surface area contributed by atoms with E-state index in [9.17, 15) is 9.59 Å². The molecule has 0 spiro atoms. The molecule has 4 N–H and O–H groups in total. The highest BCUT2D eigenvalue weighted by Crippen LogP contribution is 2.22. The van der Waals surface area contributed by atoms with E-state index in [4.69, 9.17) is 15.6 Å². The first-order chi connectivity index (χ1) is 13.0. The van der Waals surface area contributed by atoms with Crippen molar-refractivity contribution in [2.75, 3.05) is 5.32 Å². The zero-order valence-electron chi connectivity index (χ0n) is 14.7. The number of carbonyl (C=O) groups is 2. The van der Waals surface area contributed by atoms with Crippen LogP contribution in [0.4, 0.5) is 5.69 Å². The minimum atomic E-state index is -1.02. The summed E-state index contributed by atoms with van der Waals surface area (Å²) in [6.45, 7) is 0.377. The number of benzene rings is 2. The highest BCUT2D eigenvalue weighted by Gasteiger charge is 2.09. The summed E-state index contributed by atoms with van der Waals surface area (Å²) in [5.74, 6) is -0.512. The maximum absolute atomic E-state index is 12.4. The fraction of sp³-hybridized carbons (Fsp3) is 0.0500. The first-order valence-electron chi connectivity index (χ1n) is 8.13. The van der Waals surface area contributed by atoms with Crippen LogP contribution in [0, 0.1) is 0 Å². The van der Waals surface area contributed by atoms with E-state index >= 15 is 0 Å². The Morgan fingerprint density at radius 2 is 1.79 bits per heavy atom. The van der Waals surface area contributed by atoms with Crippen molar-refractivity contribution in [1.82, 2.24) is 4.98 Å². The summed E-state index contributed by atoms with van der Waals surface area (Å²) in [4.78, 5) is 27.4. The number of carboxylic acids is 1. The number of anilines is 1. The summed E-state index contributed by atoms with van der Waals surface area (Å²) in [6, 6.07) is 16.1. The maximum atomic E-state index is 12.4. The summed E-state index contributed by atoms with van der Waals surface area (Å²) in [6.07, 6.45) is 1.61. The second-order valence-electron chi connectivity index (χ2n) is 5.67. The van der Waals surface area contributed by atoms with E-state index in [1.165, 1.54) is 24.3 Å². The van der Waals surface area contributed by atoms with Gasteiger partial charge < -0.3 is 20.9 Å². The lowest BCUT2D eigenvalue weighted by Gasteiger charge is -2.09. The molecule has 2 aromatic carbocycles. The standard InChI is InChI=1S/C20H17N3O4.ClH/c21-12-13-8-9-22-18(10-13)27-17-3-1-2-15(11-17)19(24)23-16-6-4-14(5-7-16)20(25)26;/h1-11H,12,21H2,(H,23,24)(H,25,26);1H. The van der Waals surface area contributed by atoms with Gasteiger partial charge in [0.05, 0.1) is 5.56 Å². The van der Waals surface area contributed by atoms with Crippen LogP contribution in [0.3, 0.4) is 0 Å². The van der Waals surface area contributed by atoms with Gasteiger partial charge in [-0.1, -0.05) is 6.07 Å². The van der Waals surface area contributed by atoms with Gasteiger partial charge in [-0.2, -0.15) is 0 Å². The predicted octanol–water partition coefficient (Wildman–Crippen LogP) is 3.70. The number of nitrogens with zero attached hydrogens (tertiary/aromatic N) is 1.